The van der Waals surface area contributed by atoms with E-state index in [0.29, 0.717) is 5.82 Å². The summed E-state index contributed by atoms with van der Waals surface area (Å²) in [6, 6.07) is 5.78. The van der Waals surface area contributed by atoms with Gasteiger partial charge in [-0.3, -0.25) is 9.88 Å². The number of fused-ring (bicyclic) bond motifs is 1. The number of nitrogens with one attached hydrogen (secondary N) is 1. The molecule has 0 atom stereocenters. The summed E-state index contributed by atoms with van der Waals surface area (Å²) in [5, 5.41) is 0. The fourth-order valence-corrected chi connectivity index (χ4v) is 2.71. The average molecular weight is 292 g/mol. The van der Waals surface area contributed by atoms with Gasteiger partial charge in [-0.2, -0.15) is 0 Å². The highest BCUT2D eigenvalue weighted by Crippen LogP contribution is 2.20. The minimum atomic E-state index is 0.694. The molecule has 3 aromatic heterocycles. The van der Waals surface area contributed by atoms with E-state index in [2.05, 4.69) is 24.8 Å². The van der Waals surface area contributed by atoms with Crippen LogP contribution < -0.4 is 0 Å². The maximum atomic E-state index is 4.72. The largest absolute Gasteiger partial charge is 0.348 e. The Bertz CT molecular complexity index is 754. The van der Waals surface area contributed by atoms with E-state index in [1.165, 1.54) is 5.56 Å². The third kappa shape index (κ3) is 2.60. The molecule has 1 aliphatic rings. The average Bonchev–Trinajstić information content (AvgIpc) is 3.08. The van der Waals surface area contributed by atoms with E-state index < -0.39 is 0 Å². The van der Waals surface area contributed by atoms with Crippen molar-refractivity contribution >= 4 is 0 Å². The molecule has 110 valence electrons. The summed E-state index contributed by atoms with van der Waals surface area (Å²) in [5.74, 6) is 1.68. The van der Waals surface area contributed by atoms with E-state index in [0.717, 1.165) is 43.3 Å². The van der Waals surface area contributed by atoms with Gasteiger partial charge in [0, 0.05) is 37.9 Å². The molecule has 4 rings (SSSR count). The van der Waals surface area contributed by atoms with Crippen molar-refractivity contribution in [3.63, 3.8) is 0 Å². The van der Waals surface area contributed by atoms with Gasteiger partial charge in [0.25, 0.3) is 0 Å². The first-order chi connectivity index (χ1) is 10.9. The van der Waals surface area contributed by atoms with E-state index in [1.807, 2.05) is 30.6 Å². The third-order valence-corrected chi connectivity index (χ3v) is 3.85. The van der Waals surface area contributed by atoms with Gasteiger partial charge in [0.05, 0.1) is 12.2 Å². The predicted molar refractivity (Wildman–Crippen MR) is 81.7 cm³/mol. The van der Waals surface area contributed by atoms with Crippen LogP contribution in [0.2, 0.25) is 0 Å². The lowest BCUT2D eigenvalue weighted by atomic mass is 10.1. The Balaban J connectivity index is 1.58. The van der Waals surface area contributed by atoms with Crippen LogP contribution in [0.1, 0.15) is 17.1 Å². The third-order valence-electron chi connectivity index (χ3n) is 3.85. The molecule has 6 heteroatoms. The highest BCUT2D eigenvalue weighted by atomic mass is 15.2. The lowest BCUT2D eigenvalue weighted by Crippen LogP contribution is -2.31. The summed E-state index contributed by atoms with van der Waals surface area (Å²) in [5.41, 5.74) is 3.14. The summed E-state index contributed by atoms with van der Waals surface area (Å²) < 4.78 is 0. The van der Waals surface area contributed by atoms with Gasteiger partial charge in [-0.25, -0.2) is 15.0 Å². The van der Waals surface area contributed by atoms with Crippen LogP contribution in [0.25, 0.3) is 11.5 Å². The molecule has 0 spiro atoms. The van der Waals surface area contributed by atoms with Crippen LogP contribution >= 0.6 is 0 Å². The minimum absolute atomic E-state index is 0.694. The summed E-state index contributed by atoms with van der Waals surface area (Å²) in [6.45, 7) is 2.63. The molecule has 0 bridgehead atoms. The second-order valence-electron chi connectivity index (χ2n) is 5.38. The van der Waals surface area contributed by atoms with Gasteiger partial charge in [0.1, 0.15) is 11.5 Å². The first kappa shape index (κ1) is 13.1. The molecule has 0 fully saturated rings. The first-order valence-corrected chi connectivity index (χ1v) is 7.35. The number of rotatable bonds is 3. The molecular weight excluding hydrogens is 276 g/mol. The fraction of sp³-hybridized carbons (Fsp3) is 0.250. The topological polar surface area (TPSA) is 70.6 Å². The number of aromatic amines is 1. The zero-order valence-corrected chi connectivity index (χ0v) is 12.1. The normalized spacial score (nSPS) is 14.7. The smallest absolute Gasteiger partial charge is 0.178 e. The Morgan fingerprint density at radius 3 is 2.95 bits per heavy atom. The van der Waals surface area contributed by atoms with E-state index in [1.54, 1.807) is 12.4 Å². The summed E-state index contributed by atoms with van der Waals surface area (Å²) in [7, 11) is 0. The van der Waals surface area contributed by atoms with Crippen molar-refractivity contribution in [2.75, 3.05) is 6.54 Å². The van der Waals surface area contributed by atoms with E-state index in [9.17, 15) is 0 Å². The maximum absolute atomic E-state index is 4.72. The standard InChI is InChI=1S/C16H16N6/c1-2-5-17-13(3-1)16-20-9-12-4-8-22(10-14(12)21-16)11-15-18-6-7-19-15/h1-3,5-7,9H,4,8,10-11H2,(H,18,19). The summed E-state index contributed by atoms with van der Waals surface area (Å²) >= 11 is 0. The number of hydrogen-bond acceptors (Lipinski definition) is 5. The van der Waals surface area contributed by atoms with E-state index >= 15 is 0 Å². The van der Waals surface area contributed by atoms with E-state index in [-0.39, 0.29) is 0 Å². The van der Waals surface area contributed by atoms with Crippen molar-refractivity contribution in [2.24, 2.45) is 0 Å². The number of imidazole rings is 1. The molecule has 3 aromatic rings. The first-order valence-electron chi connectivity index (χ1n) is 7.35. The number of hydrogen-bond donors (Lipinski definition) is 1. The van der Waals surface area contributed by atoms with Gasteiger partial charge in [-0.15, -0.1) is 0 Å². The molecule has 1 N–H and O–H groups in total. The highest BCUT2D eigenvalue weighted by molar-refractivity contribution is 5.49. The number of pyridine rings is 1. The van der Waals surface area contributed by atoms with Crippen molar-refractivity contribution in [3.05, 3.63) is 60.1 Å². The molecule has 0 saturated heterocycles. The molecule has 22 heavy (non-hydrogen) atoms. The van der Waals surface area contributed by atoms with Crippen molar-refractivity contribution in [1.29, 1.82) is 0 Å². The second-order valence-corrected chi connectivity index (χ2v) is 5.38. The molecule has 4 heterocycles. The lowest BCUT2D eigenvalue weighted by Gasteiger charge is -2.27. The molecular formula is C16H16N6. The molecule has 0 amide bonds. The van der Waals surface area contributed by atoms with Gasteiger partial charge < -0.3 is 4.98 Å². The Morgan fingerprint density at radius 2 is 2.14 bits per heavy atom. The van der Waals surface area contributed by atoms with Crippen LogP contribution in [0.4, 0.5) is 0 Å². The van der Waals surface area contributed by atoms with Crippen LogP contribution in [0.5, 0.6) is 0 Å². The van der Waals surface area contributed by atoms with Crippen LogP contribution in [-0.4, -0.2) is 36.4 Å². The number of aromatic nitrogens is 5. The molecule has 0 unspecified atom stereocenters. The monoisotopic (exact) mass is 292 g/mol. The zero-order valence-electron chi connectivity index (χ0n) is 12.1. The van der Waals surface area contributed by atoms with Gasteiger partial charge in [-0.1, -0.05) is 6.07 Å². The van der Waals surface area contributed by atoms with Crippen molar-refractivity contribution in [1.82, 2.24) is 29.8 Å². The second kappa shape index (κ2) is 5.65. The van der Waals surface area contributed by atoms with Crippen LogP contribution in [0, 0.1) is 0 Å². The summed E-state index contributed by atoms with van der Waals surface area (Å²) in [6.07, 6.45) is 8.32. The quantitative estimate of drug-likeness (QED) is 0.797. The van der Waals surface area contributed by atoms with E-state index in [4.69, 9.17) is 4.98 Å². The summed E-state index contributed by atoms with van der Waals surface area (Å²) in [4.78, 5) is 23.3. The number of H-pyrrole nitrogens is 1. The van der Waals surface area contributed by atoms with Crippen LogP contribution in [0.15, 0.2) is 43.0 Å². The lowest BCUT2D eigenvalue weighted by molar-refractivity contribution is 0.236. The predicted octanol–water partition coefficient (Wildman–Crippen LogP) is 1.82. The number of nitrogens with zero attached hydrogens (tertiary/aromatic N) is 5. The van der Waals surface area contributed by atoms with Crippen molar-refractivity contribution < 1.29 is 0 Å². The van der Waals surface area contributed by atoms with Gasteiger partial charge in [-0.05, 0) is 24.1 Å². The van der Waals surface area contributed by atoms with Gasteiger partial charge in [0.15, 0.2) is 5.82 Å². The van der Waals surface area contributed by atoms with Crippen molar-refractivity contribution in [3.8, 4) is 11.5 Å². The Labute approximate surface area is 128 Å². The van der Waals surface area contributed by atoms with Crippen LogP contribution in [-0.2, 0) is 19.5 Å². The Kier molecular flexibility index (Phi) is 3.36. The molecule has 0 radical (unpaired) electrons. The van der Waals surface area contributed by atoms with Gasteiger partial charge >= 0.3 is 0 Å². The molecule has 0 aromatic carbocycles. The Hall–Kier alpha value is -2.60. The SMILES string of the molecule is c1ccc(-c2ncc3c(n2)CN(Cc2ncc[nH]2)CC3)nc1. The maximum Gasteiger partial charge on any atom is 0.178 e. The molecule has 0 saturated carbocycles. The molecule has 0 aliphatic carbocycles. The molecule has 1 aliphatic heterocycles. The fourth-order valence-electron chi connectivity index (χ4n) is 2.71. The zero-order chi connectivity index (χ0) is 14.8. The highest BCUT2D eigenvalue weighted by Gasteiger charge is 2.19. The minimum Gasteiger partial charge on any atom is -0.348 e. The Morgan fingerprint density at radius 1 is 1.14 bits per heavy atom. The van der Waals surface area contributed by atoms with Gasteiger partial charge in [0.2, 0.25) is 0 Å². The molecule has 6 nitrogen and oxygen atoms in total. The van der Waals surface area contributed by atoms with Crippen molar-refractivity contribution in [2.45, 2.75) is 19.5 Å². The van der Waals surface area contributed by atoms with Crippen LogP contribution in [0.3, 0.4) is 0 Å².